The van der Waals surface area contributed by atoms with Crippen molar-refractivity contribution < 1.29 is 24.2 Å². The quantitative estimate of drug-likeness (QED) is 0.907. The molecule has 1 aliphatic heterocycles. The van der Waals surface area contributed by atoms with E-state index in [4.69, 9.17) is 26.2 Å². The average Bonchev–Trinajstić information content (AvgIpc) is 2.35. The molecule has 19 heavy (non-hydrogen) atoms. The van der Waals surface area contributed by atoms with Crippen LogP contribution in [-0.2, 0) is 14.3 Å². The first-order valence-corrected chi connectivity index (χ1v) is 5.89. The molecule has 2 rings (SSSR count). The molecule has 6 nitrogen and oxygen atoms in total. The van der Waals surface area contributed by atoms with Crippen LogP contribution in [0.1, 0.15) is 6.42 Å². The van der Waals surface area contributed by atoms with Gasteiger partial charge in [0, 0.05) is 12.1 Å². The molecule has 1 N–H and O–H groups in total. The van der Waals surface area contributed by atoms with E-state index in [9.17, 15) is 9.59 Å². The minimum absolute atomic E-state index is 0.00561. The molecule has 0 aromatic heterocycles. The van der Waals surface area contributed by atoms with Gasteiger partial charge in [0.2, 0.25) is 0 Å². The number of methoxy groups -OCH3 is 1. The molecule has 1 amide bonds. The number of nitrogens with zero attached hydrogens (tertiary/aromatic N) is 1. The summed E-state index contributed by atoms with van der Waals surface area (Å²) in [6, 6.07) is 4.78. The van der Waals surface area contributed by atoms with E-state index >= 15 is 0 Å². The first-order valence-electron chi connectivity index (χ1n) is 5.51. The van der Waals surface area contributed by atoms with E-state index < -0.39 is 24.4 Å². The van der Waals surface area contributed by atoms with Crippen molar-refractivity contribution in [2.45, 2.75) is 12.5 Å². The number of hydrogen-bond donors (Lipinski definition) is 1. The molecule has 0 bridgehead atoms. The van der Waals surface area contributed by atoms with E-state index in [0.717, 1.165) is 0 Å². The molecule has 0 fully saturated rings. The normalized spacial score (nSPS) is 17.9. The van der Waals surface area contributed by atoms with Crippen LogP contribution in [0.4, 0.5) is 5.69 Å². The van der Waals surface area contributed by atoms with Gasteiger partial charge in [-0.3, -0.25) is 14.5 Å². The largest absolute Gasteiger partial charge is 0.481 e. The summed E-state index contributed by atoms with van der Waals surface area (Å²) >= 11 is 5.88. The van der Waals surface area contributed by atoms with E-state index in [1.807, 2.05) is 0 Å². The highest BCUT2D eigenvalue weighted by Gasteiger charge is 2.35. The van der Waals surface area contributed by atoms with E-state index in [1.54, 1.807) is 18.2 Å². The molecule has 0 spiro atoms. The number of hydrogen-bond acceptors (Lipinski definition) is 4. The highest BCUT2D eigenvalue weighted by molar-refractivity contribution is 6.31. The Labute approximate surface area is 114 Å². The van der Waals surface area contributed by atoms with Gasteiger partial charge in [-0.15, -0.1) is 0 Å². The molecule has 1 aromatic carbocycles. The second kappa shape index (κ2) is 5.46. The number of benzene rings is 1. The number of carboxylic acid groups (broad SMARTS) is 1. The molecular formula is C12H12ClNO5. The van der Waals surface area contributed by atoms with Crippen LogP contribution in [-0.4, -0.2) is 36.9 Å². The summed E-state index contributed by atoms with van der Waals surface area (Å²) in [6.45, 7) is 0.00561. The summed E-state index contributed by atoms with van der Waals surface area (Å²) < 4.78 is 10.4. The topological polar surface area (TPSA) is 76.1 Å². The Kier molecular flexibility index (Phi) is 3.92. The lowest BCUT2D eigenvalue weighted by molar-refractivity contribution is -0.143. The zero-order chi connectivity index (χ0) is 14.0. The van der Waals surface area contributed by atoms with Crippen LogP contribution in [0.2, 0.25) is 5.02 Å². The summed E-state index contributed by atoms with van der Waals surface area (Å²) in [5.41, 5.74) is 0.473. The van der Waals surface area contributed by atoms with Gasteiger partial charge in [-0.25, -0.2) is 0 Å². The van der Waals surface area contributed by atoms with Crippen LogP contribution in [0, 0.1) is 0 Å². The number of carboxylic acids is 1. The van der Waals surface area contributed by atoms with Crippen molar-refractivity contribution in [3.63, 3.8) is 0 Å². The molecule has 0 saturated carbocycles. The van der Waals surface area contributed by atoms with Gasteiger partial charge in [-0.2, -0.15) is 0 Å². The van der Waals surface area contributed by atoms with E-state index in [-0.39, 0.29) is 6.73 Å². The number of amides is 1. The molecule has 1 heterocycles. The van der Waals surface area contributed by atoms with Gasteiger partial charge in [-0.1, -0.05) is 11.6 Å². The number of halogens is 1. The third-order valence-electron chi connectivity index (χ3n) is 2.64. The average molecular weight is 286 g/mol. The predicted octanol–water partition coefficient (Wildman–Crippen LogP) is 1.51. The molecule has 1 aliphatic rings. The second-order valence-electron chi connectivity index (χ2n) is 4.00. The second-order valence-corrected chi connectivity index (χ2v) is 4.44. The molecule has 102 valence electrons. The van der Waals surface area contributed by atoms with Crippen LogP contribution in [0.3, 0.4) is 0 Å². The monoisotopic (exact) mass is 285 g/mol. The third-order valence-corrected chi connectivity index (χ3v) is 2.88. The Hall–Kier alpha value is -1.79. The van der Waals surface area contributed by atoms with Crippen molar-refractivity contribution >= 4 is 29.2 Å². The van der Waals surface area contributed by atoms with Crippen molar-refractivity contribution in [2.24, 2.45) is 0 Å². The lowest BCUT2D eigenvalue weighted by atomic mass is 10.1. The first-order chi connectivity index (χ1) is 9.02. The van der Waals surface area contributed by atoms with Crippen molar-refractivity contribution in [3.05, 3.63) is 23.2 Å². The van der Waals surface area contributed by atoms with E-state index in [0.29, 0.717) is 16.5 Å². The molecule has 1 atom stereocenters. The number of fused-ring (bicyclic) bond motifs is 1. The number of anilines is 1. The highest BCUT2D eigenvalue weighted by atomic mass is 35.5. The number of aliphatic carboxylic acids is 1. The number of carbonyl (C=O) groups excluding carboxylic acids is 1. The highest BCUT2D eigenvalue weighted by Crippen LogP contribution is 2.36. The Morgan fingerprint density at radius 1 is 1.58 bits per heavy atom. The van der Waals surface area contributed by atoms with E-state index in [2.05, 4.69) is 0 Å². The van der Waals surface area contributed by atoms with Crippen molar-refractivity contribution in [1.82, 2.24) is 0 Å². The van der Waals surface area contributed by atoms with Gasteiger partial charge in [0.1, 0.15) is 12.5 Å². The fourth-order valence-electron chi connectivity index (χ4n) is 1.85. The van der Waals surface area contributed by atoms with E-state index in [1.165, 1.54) is 12.0 Å². The van der Waals surface area contributed by atoms with Crippen LogP contribution in [0.15, 0.2) is 18.2 Å². The standard InChI is InChI=1S/C12H12ClNO5/c1-18-6-14-8-4-7(13)2-3-9(8)19-10(12(14)17)5-11(15)16/h2-4,10H,5-6H2,1H3,(H,15,16). The van der Waals surface area contributed by atoms with Crippen LogP contribution >= 0.6 is 11.6 Å². The number of carbonyl (C=O) groups is 2. The Morgan fingerprint density at radius 2 is 2.32 bits per heavy atom. The van der Waals surface area contributed by atoms with Gasteiger partial charge < -0.3 is 14.6 Å². The maximum Gasteiger partial charge on any atom is 0.307 e. The van der Waals surface area contributed by atoms with Crippen molar-refractivity contribution in [2.75, 3.05) is 18.7 Å². The van der Waals surface area contributed by atoms with Gasteiger partial charge in [-0.05, 0) is 18.2 Å². The van der Waals surface area contributed by atoms with Crippen molar-refractivity contribution in [1.29, 1.82) is 0 Å². The molecule has 0 aliphatic carbocycles. The summed E-state index contributed by atoms with van der Waals surface area (Å²) in [4.78, 5) is 24.2. The smallest absolute Gasteiger partial charge is 0.307 e. The minimum atomic E-state index is -1.10. The molecule has 0 radical (unpaired) electrons. The minimum Gasteiger partial charge on any atom is -0.481 e. The summed E-state index contributed by atoms with van der Waals surface area (Å²) in [5, 5.41) is 9.24. The summed E-state index contributed by atoms with van der Waals surface area (Å²) in [6.07, 6.45) is -1.46. The third kappa shape index (κ3) is 2.80. The van der Waals surface area contributed by atoms with Crippen LogP contribution in [0.25, 0.3) is 0 Å². The first kappa shape index (κ1) is 13.6. The van der Waals surface area contributed by atoms with Crippen molar-refractivity contribution in [3.8, 4) is 5.75 Å². The lowest BCUT2D eigenvalue weighted by Crippen LogP contribution is -2.47. The molecular weight excluding hydrogens is 274 g/mol. The molecule has 7 heteroatoms. The maximum atomic E-state index is 12.1. The summed E-state index contributed by atoms with van der Waals surface area (Å²) in [7, 11) is 1.44. The molecule has 1 unspecified atom stereocenters. The van der Waals surface area contributed by atoms with Crippen LogP contribution < -0.4 is 9.64 Å². The predicted molar refractivity (Wildman–Crippen MR) is 67.5 cm³/mol. The SMILES string of the molecule is COCN1C(=O)C(CC(=O)O)Oc2ccc(Cl)cc21. The van der Waals surface area contributed by atoms with Gasteiger partial charge in [0.15, 0.2) is 6.10 Å². The fourth-order valence-corrected chi connectivity index (χ4v) is 2.01. The zero-order valence-electron chi connectivity index (χ0n) is 10.1. The maximum absolute atomic E-state index is 12.1. The van der Waals surface area contributed by atoms with Gasteiger partial charge >= 0.3 is 5.97 Å². The Morgan fingerprint density at radius 3 is 2.95 bits per heavy atom. The number of ether oxygens (including phenoxy) is 2. The molecule has 0 saturated heterocycles. The Bertz CT molecular complexity index is 519. The molecule has 1 aromatic rings. The van der Waals surface area contributed by atoms with Crippen LogP contribution in [0.5, 0.6) is 5.75 Å². The lowest BCUT2D eigenvalue weighted by Gasteiger charge is -2.33. The fraction of sp³-hybridized carbons (Fsp3) is 0.333. The summed E-state index contributed by atoms with van der Waals surface area (Å²) in [5.74, 6) is -1.15. The zero-order valence-corrected chi connectivity index (χ0v) is 10.9. The van der Waals surface area contributed by atoms with Gasteiger partial charge in [0.25, 0.3) is 5.91 Å². The number of rotatable bonds is 4. The Balaban J connectivity index is 2.38. The van der Waals surface area contributed by atoms with Gasteiger partial charge in [0.05, 0.1) is 12.1 Å².